The maximum atomic E-state index is 13.5. The van der Waals surface area contributed by atoms with Crippen LogP contribution in [0.1, 0.15) is 57.1 Å². The number of hydrogen-bond acceptors (Lipinski definition) is 4. The highest BCUT2D eigenvalue weighted by molar-refractivity contribution is 7.92. The van der Waals surface area contributed by atoms with Gasteiger partial charge in [0.05, 0.1) is 11.9 Å². The zero-order valence-corrected chi connectivity index (χ0v) is 23.2. The molecule has 0 spiro atoms. The van der Waals surface area contributed by atoms with E-state index in [1.165, 1.54) is 4.31 Å². The molecule has 0 radical (unpaired) electrons. The number of anilines is 1. The van der Waals surface area contributed by atoms with Crippen LogP contribution in [0.15, 0.2) is 48.5 Å². The van der Waals surface area contributed by atoms with Crippen molar-refractivity contribution in [3.63, 3.8) is 0 Å². The number of halogens is 1. The molecule has 7 nitrogen and oxygen atoms in total. The molecule has 9 heteroatoms. The fourth-order valence-electron chi connectivity index (χ4n) is 4.01. The summed E-state index contributed by atoms with van der Waals surface area (Å²) in [6.45, 7) is 6.97. The number of nitrogens with one attached hydrogen (secondary N) is 1. The van der Waals surface area contributed by atoms with Gasteiger partial charge >= 0.3 is 0 Å². The molecule has 2 rings (SSSR count). The van der Waals surface area contributed by atoms with Crippen LogP contribution >= 0.6 is 11.6 Å². The van der Waals surface area contributed by atoms with Crippen molar-refractivity contribution in [3.8, 4) is 0 Å². The van der Waals surface area contributed by atoms with Crippen LogP contribution in [0.2, 0.25) is 5.02 Å². The fraction of sp³-hybridized carbons (Fsp3) is 0.481. The van der Waals surface area contributed by atoms with Crippen molar-refractivity contribution in [1.82, 2.24) is 10.2 Å². The molecule has 1 N–H and O–H groups in total. The van der Waals surface area contributed by atoms with E-state index in [0.29, 0.717) is 36.6 Å². The topological polar surface area (TPSA) is 86.8 Å². The number of sulfonamides is 1. The molecule has 2 aromatic rings. The number of hydrogen-bond donors (Lipinski definition) is 1. The van der Waals surface area contributed by atoms with Crippen molar-refractivity contribution in [2.24, 2.45) is 0 Å². The second-order valence-electron chi connectivity index (χ2n) is 8.93. The van der Waals surface area contributed by atoms with Gasteiger partial charge in [-0.1, -0.05) is 56.1 Å². The summed E-state index contributed by atoms with van der Waals surface area (Å²) < 4.78 is 26.1. The van der Waals surface area contributed by atoms with E-state index in [1.807, 2.05) is 38.1 Å². The van der Waals surface area contributed by atoms with Gasteiger partial charge in [0.2, 0.25) is 21.8 Å². The van der Waals surface area contributed by atoms with Gasteiger partial charge in [0, 0.05) is 31.1 Å². The first kappa shape index (κ1) is 29.6. The van der Waals surface area contributed by atoms with Crippen molar-refractivity contribution in [1.29, 1.82) is 0 Å². The number of benzene rings is 2. The highest BCUT2D eigenvalue weighted by Gasteiger charge is 2.29. The summed E-state index contributed by atoms with van der Waals surface area (Å²) in [5, 5.41) is 3.47. The Kier molecular flexibility index (Phi) is 11.7. The zero-order valence-electron chi connectivity index (χ0n) is 21.7. The number of carbonyl (C=O) groups excluding carboxylic acids is 2. The molecular formula is C27H38ClN3O4S. The first-order chi connectivity index (χ1) is 17.1. The van der Waals surface area contributed by atoms with Gasteiger partial charge in [-0.15, -0.1) is 0 Å². The molecule has 0 aliphatic carbocycles. The van der Waals surface area contributed by atoms with Crippen LogP contribution in [0.4, 0.5) is 5.69 Å². The molecule has 198 valence electrons. The van der Waals surface area contributed by atoms with E-state index in [4.69, 9.17) is 11.6 Å². The average Bonchev–Trinajstić information content (AvgIpc) is 2.83. The molecule has 0 aliphatic rings. The SMILES string of the molecule is CCCCNC(=O)[C@@H](CC)N(Cc1ccccc1C)C(=O)CCCN(c1ccc(Cl)cc1)S(C)(=O)=O. The standard InChI is InChI=1S/C27H38ClN3O4S/c1-5-7-18-29-27(33)25(6-2)30(20-22-12-9-8-11-21(22)3)26(32)13-10-19-31(36(4,34)35)24-16-14-23(28)15-17-24/h8-9,11-12,14-17,25H,5-7,10,13,18-20H2,1-4H3,(H,29,33)/t25-/m1/s1. The van der Waals surface area contributed by atoms with Crippen LogP contribution in [-0.4, -0.2) is 50.5 Å². The van der Waals surface area contributed by atoms with E-state index in [0.717, 1.165) is 30.2 Å². The van der Waals surface area contributed by atoms with Gasteiger partial charge in [-0.2, -0.15) is 0 Å². The van der Waals surface area contributed by atoms with E-state index in [2.05, 4.69) is 12.2 Å². The minimum absolute atomic E-state index is 0.115. The predicted molar refractivity (Wildman–Crippen MR) is 147 cm³/mol. The third kappa shape index (κ3) is 8.82. The summed E-state index contributed by atoms with van der Waals surface area (Å²) >= 11 is 5.95. The first-order valence-corrected chi connectivity index (χ1v) is 14.7. The number of aryl methyl sites for hydroxylation is 1. The van der Waals surface area contributed by atoms with Gasteiger partial charge in [0.15, 0.2) is 0 Å². The van der Waals surface area contributed by atoms with Crippen LogP contribution in [0.25, 0.3) is 0 Å². The summed E-state index contributed by atoms with van der Waals surface area (Å²) in [6.07, 6.45) is 3.89. The lowest BCUT2D eigenvalue weighted by molar-refractivity contribution is -0.141. The second-order valence-corrected chi connectivity index (χ2v) is 11.3. The van der Waals surface area contributed by atoms with Crippen LogP contribution in [-0.2, 0) is 26.2 Å². The van der Waals surface area contributed by atoms with Crippen LogP contribution < -0.4 is 9.62 Å². The monoisotopic (exact) mass is 535 g/mol. The Morgan fingerprint density at radius 1 is 1.03 bits per heavy atom. The van der Waals surface area contributed by atoms with E-state index in [1.54, 1.807) is 29.2 Å². The molecule has 0 unspecified atom stereocenters. The van der Waals surface area contributed by atoms with Gasteiger partial charge in [0.25, 0.3) is 0 Å². The van der Waals surface area contributed by atoms with Crippen molar-refractivity contribution >= 4 is 39.1 Å². The van der Waals surface area contributed by atoms with E-state index < -0.39 is 16.1 Å². The third-order valence-electron chi connectivity index (χ3n) is 6.08. The van der Waals surface area contributed by atoms with E-state index in [9.17, 15) is 18.0 Å². The third-order valence-corrected chi connectivity index (χ3v) is 7.53. The second kappa shape index (κ2) is 14.2. The highest BCUT2D eigenvalue weighted by atomic mass is 35.5. The van der Waals surface area contributed by atoms with Crippen LogP contribution in [0, 0.1) is 6.92 Å². The molecular weight excluding hydrogens is 498 g/mol. The Balaban J connectivity index is 2.20. The Labute approximate surface area is 220 Å². The number of amides is 2. The summed E-state index contributed by atoms with van der Waals surface area (Å²) in [4.78, 5) is 28.1. The van der Waals surface area contributed by atoms with Crippen LogP contribution in [0.3, 0.4) is 0 Å². The number of carbonyl (C=O) groups is 2. The minimum Gasteiger partial charge on any atom is -0.354 e. The van der Waals surface area contributed by atoms with Gasteiger partial charge in [-0.25, -0.2) is 8.42 Å². The van der Waals surface area contributed by atoms with Crippen molar-refractivity contribution in [3.05, 3.63) is 64.7 Å². The lowest BCUT2D eigenvalue weighted by atomic mass is 10.1. The number of rotatable bonds is 14. The van der Waals surface area contributed by atoms with Gasteiger partial charge in [-0.05, 0) is 61.6 Å². The van der Waals surface area contributed by atoms with Crippen LogP contribution in [0.5, 0.6) is 0 Å². The lowest BCUT2D eigenvalue weighted by Gasteiger charge is -2.31. The highest BCUT2D eigenvalue weighted by Crippen LogP contribution is 2.22. The molecule has 0 saturated heterocycles. The smallest absolute Gasteiger partial charge is 0.242 e. The maximum Gasteiger partial charge on any atom is 0.242 e. The molecule has 0 aromatic heterocycles. The summed E-state index contributed by atoms with van der Waals surface area (Å²) in [5.41, 5.74) is 2.51. The molecule has 0 heterocycles. The van der Waals surface area contributed by atoms with Crippen molar-refractivity contribution in [2.75, 3.05) is 23.7 Å². The maximum absolute atomic E-state index is 13.5. The first-order valence-electron chi connectivity index (χ1n) is 12.4. The van der Waals surface area contributed by atoms with E-state index >= 15 is 0 Å². The normalized spacial score (nSPS) is 12.1. The number of nitrogens with zero attached hydrogens (tertiary/aromatic N) is 2. The molecule has 36 heavy (non-hydrogen) atoms. The Hall–Kier alpha value is -2.58. The van der Waals surface area contributed by atoms with Gasteiger partial charge < -0.3 is 10.2 Å². The average molecular weight is 536 g/mol. The molecule has 1 atom stereocenters. The molecule has 0 saturated carbocycles. The Bertz CT molecular complexity index is 1110. The van der Waals surface area contributed by atoms with Gasteiger partial charge in [-0.3, -0.25) is 13.9 Å². The van der Waals surface area contributed by atoms with E-state index in [-0.39, 0.29) is 24.8 Å². The quantitative estimate of drug-likeness (QED) is 0.348. The molecule has 0 aliphatic heterocycles. The molecule has 0 fully saturated rings. The number of unbranched alkanes of at least 4 members (excludes halogenated alkanes) is 1. The van der Waals surface area contributed by atoms with Crippen molar-refractivity contribution < 1.29 is 18.0 Å². The fourth-order valence-corrected chi connectivity index (χ4v) is 5.10. The van der Waals surface area contributed by atoms with Gasteiger partial charge in [0.1, 0.15) is 6.04 Å². The minimum atomic E-state index is -3.55. The largest absolute Gasteiger partial charge is 0.354 e. The zero-order chi connectivity index (χ0) is 26.7. The molecule has 2 amide bonds. The molecule has 0 bridgehead atoms. The Morgan fingerprint density at radius 2 is 1.69 bits per heavy atom. The van der Waals surface area contributed by atoms with Crippen molar-refractivity contribution in [2.45, 2.75) is 65.5 Å². The summed E-state index contributed by atoms with van der Waals surface area (Å²) in [6, 6.07) is 13.8. The molecule has 2 aromatic carbocycles. The lowest BCUT2D eigenvalue weighted by Crippen LogP contribution is -2.49. The summed E-state index contributed by atoms with van der Waals surface area (Å²) in [5.74, 6) is -0.341. The Morgan fingerprint density at radius 3 is 2.28 bits per heavy atom. The summed E-state index contributed by atoms with van der Waals surface area (Å²) in [7, 11) is -3.55. The predicted octanol–water partition coefficient (Wildman–Crippen LogP) is 4.92.